The smallest absolute Gasteiger partial charge is 0.0720 e. The van der Waals surface area contributed by atoms with Gasteiger partial charge >= 0.3 is 0 Å². The summed E-state index contributed by atoms with van der Waals surface area (Å²) < 4.78 is 0. The standard InChI is InChI=1S/C54H41N.C12H10/c1-52(2)44-24-12-10-22-40(44)42-32-30-39(35-51(42)52)55(3)38-31-33-46-43(34-38)41-23-11-13-25-45(41)54(46)49-28-16-14-26-47(49)53(36-18-6-4-7-19-36,37-20-8-5-9-21-37)48-27-15-17-29-50(48)54;1-3-7-11(8-4-1)12-9-5-2-6-10-12/h4-35H,1-3H3;1-10H. The maximum atomic E-state index is 2.44. The topological polar surface area (TPSA) is 3.24 Å². The molecule has 1 heteroatoms. The second kappa shape index (κ2) is 15.9. The third kappa shape index (κ3) is 6.01. The first kappa shape index (κ1) is 40.5. The summed E-state index contributed by atoms with van der Waals surface area (Å²) in [5.74, 6) is 0. The van der Waals surface area contributed by atoms with Crippen LogP contribution in [-0.2, 0) is 16.2 Å². The minimum atomic E-state index is -0.500. The number of hydrogen-bond donors (Lipinski definition) is 0. The number of hydrogen-bond acceptors (Lipinski definition) is 1. The largest absolute Gasteiger partial charge is 0.345 e. The molecule has 1 spiro atoms. The fourth-order valence-corrected chi connectivity index (χ4v) is 12.1. The molecule has 10 aromatic carbocycles. The SMILES string of the molecule is CN(c1ccc2c(c1)-c1ccccc1C21c2ccccc2C(c2ccccc2)(c2ccccc2)c2ccccc21)c1ccc2c(c1)C(C)(C)c1ccccc1-2.c1ccc(-c2ccccc2)cc1. The molecule has 10 aromatic rings. The summed E-state index contributed by atoms with van der Waals surface area (Å²) in [6, 6.07) is 93.9. The summed E-state index contributed by atoms with van der Waals surface area (Å²) in [5.41, 5.74) is 22.6. The van der Waals surface area contributed by atoms with E-state index < -0.39 is 10.8 Å². The molecular formula is C66H51N. The summed E-state index contributed by atoms with van der Waals surface area (Å²) in [4.78, 5) is 2.37. The van der Waals surface area contributed by atoms with Gasteiger partial charge in [0.2, 0.25) is 0 Å². The van der Waals surface area contributed by atoms with Crippen LogP contribution in [0.25, 0.3) is 33.4 Å². The Balaban J connectivity index is 0.000000339. The van der Waals surface area contributed by atoms with Crippen LogP contribution in [0.3, 0.4) is 0 Å². The summed E-state index contributed by atoms with van der Waals surface area (Å²) in [6.07, 6.45) is 0. The van der Waals surface area contributed by atoms with Crippen LogP contribution in [0.15, 0.2) is 255 Å². The number of fused-ring (bicyclic) bond motifs is 12. The van der Waals surface area contributed by atoms with E-state index in [-0.39, 0.29) is 5.41 Å². The fourth-order valence-electron chi connectivity index (χ4n) is 12.1. The van der Waals surface area contributed by atoms with Crippen molar-refractivity contribution >= 4 is 11.4 Å². The van der Waals surface area contributed by atoms with Gasteiger partial charge in [0.1, 0.15) is 0 Å². The zero-order chi connectivity index (χ0) is 45.2. The van der Waals surface area contributed by atoms with Crippen LogP contribution in [0.5, 0.6) is 0 Å². The van der Waals surface area contributed by atoms with Gasteiger partial charge in [-0.1, -0.05) is 244 Å². The molecule has 3 aliphatic carbocycles. The lowest BCUT2D eigenvalue weighted by molar-refractivity contribution is 0.623. The molecule has 0 N–H and O–H groups in total. The van der Waals surface area contributed by atoms with Crippen molar-refractivity contribution in [1.82, 2.24) is 0 Å². The van der Waals surface area contributed by atoms with E-state index in [1.807, 2.05) is 12.1 Å². The molecule has 0 unspecified atom stereocenters. The number of benzene rings is 10. The normalized spacial score (nSPS) is 14.6. The van der Waals surface area contributed by atoms with Crippen LogP contribution in [0.4, 0.5) is 11.4 Å². The van der Waals surface area contributed by atoms with E-state index in [1.165, 1.54) is 100 Å². The van der Waals surface area contributed by atoms with Crippen LogP contribution < -0.4 is 4.90 Å². The summed E-state index contributed by atoms with van der Waals surface area (Å²) in [7, 11) is 2.22. The zero-order valence-electron chi connectivity index (χ0n) is 38.2. The first-order chi connectivity index (χ1) is 32.9. The molecule has 0 aliphatic heterocycles. The molecule has 0 saturated carbocycles. The minimum Gasteiger partial charge on any atom is -0.345 e. The van der Waals surface area contributed by atoms with Gasteiger partial charge in [0.05, 0.1) is 10.8 Å². The fraction of sp³-hybridized carbons (Fsp3) is 0.0909. The maximum absolute atomic E-state index is 2.44. The van der Waals surface area contributed by atoms with Gasteiger partial charge in [-0.05, 0) is 113 Å². The molecule has 0 heterocycles. The Labute approximate surface area is 395 Å². The summed E-state index contributed by atoms with van der Waals surface area (Å²) >= 11 is 0. The number of anilines is 2. The van der Waals surface area contributed by atoms with Gasteiger partial charge in [-0.25, -0.2) is 0 Å². The Morgan fingerprint density at radius 3 is 1.15 bits per heavy atom. The van der Waals surface area contributed by atoms with Crippen LogP contribution >= 0.6 is 0 Å². The molecule has 0 aromatic heterocycles. The highest BCUT2D eigenvalue weighted by Gasteiger charge is 2.56. The molecule has 0 bridgehead atoms. The van der Waals surface area contributed by atoms with Crippen LogP contribution in [-0.4, -0.2) is 7.05 Å². The summed E-state index contributed by atoms with van der Waals surface area (Å²) in [6.45, 7) is 4.72. The van der Waals surface area contributed by atoms with Crippen molar-refractivity contribution in [3.63, 3.8) is 0 Å². The Kier molecular flexibility index (Phi) is 9.59. The first-order valence-electron chi connectivity index (χ1n) is 23.6. The highest BCUT2D eigenvalue weighted by molar-refractivity contribution is 5.92. The third-order valence-corrected chi connectivity index (χ3v) is 15.1. The van der Waals surface area contributed by atoms with Crippen molar-refractivity contribution in [1.29, 1.82) is 0 Å². The van der Waals surface area contributed by atoms with Crippen molar-refractivity contribution in [2.75, 3.05) is 11.9 Å². The summed E-state index contributed by atoms with van der Waals surface area (Å²) in [5, 5.41) is 0. The van der Waals surface area contributed by atoms with E-state index in [4.69, 9.17) is 0 Å². The quantitative estimate of drug-likeness (QED) is 0.167. The van der Waals surface area contributed by atoms with E-state index in [0.29, 0.717) is 0 Å². The van der Waals surface area contributed by atoms with E-state index in [1.54, 1.807) is 0 Å². The van der Waals surface area contributed by atoms with Crippen molar-refractivity contribution in [3.05, 3.63) is 310 Å². The van der Waals surface area contributed by atoms with Gasteiger partial charge in [0.25, 0.3) is 0 Å². The predicted molar refractivity (Wildman–Crippen MR) is 280 cm³/mol. The highest BCUT2D eigenvalue weighted by Crippen LogP contribution is 2.65. The van der Waals surface area contributed by atoms with Gasteiger partial charge in [-0.15, -0.1) is 0 Å². The van der Waals surface area contributed by atoms with Crippen molar-refractivity contribution < 1.29 is 0 Å². The van der Waals surface area contributed by atoms with E-state index in [2.05, 4.69) is 268 Å². The number of nitrogens with zero attached hydrogens (tertiary/aromatic N) is 1. The van der Waals surface area contributed by atoms with Gasteiger partial charge in [-0.3, -0.25) is 0 Å². The molecule has 0 radical (unpaired) electrons. The lowest BCUT2D eigenvalue weighted by Gasteiger charge is -2.50. The van der Waals surface area contributed by atoms with E-state index in [0.717, 1.165) is 0 Å². The molecule has 0 saturated heterocycles. The molecule has 0 amide bonds. The molecular weight excluding hydrogens is 807 g/mol. The maximum Gasteiger partial charge on any atom is 0.0720 e. The van der Waals surface area contributed by atoms with Gasteiger partial charge in [0, 0.05) is 23.8 Å². The average molecular weight is 858 g/mol. The molecule has 67 heavy (non-hydrogen) atoms. The Morgan fingerprint density at radius 1 is 0.269 bits per heavy atom. The van der Waals surface area contributed by atoms with E-state index in [9.17, 15) is 0 Å². The number of rotatable bonds is 5. The van der Waals surface area contributed by atoms with Crippen LogP contribution in [0, 0.1) is 0 Å². The Hall–Kier alpha value is -8.00. The molecule has 1 nitrogen and oxygen atoms in total. The lowest BCUT2D eigenvalue weighted by Crippen LogP contribution is -2.44. The Morgan fingerprint density at radius 2 is 0.627 bits per heavy atom. The van der Waals surface area contributed by atoms with Crippen molar-refractivity contribution in [2.45, 2.75) is 30.1 Å². The molecule has 13 rings (SSSR count). The zero-order valence-corrected chi connectivity index (χ0v) is 38.2. The van der Waals surface area contributed by atoms with Crippen LogP contribution in [0.1, 0.15) is 69.5 Å². The average Bonchev–Trinajstić information content (AvgIpc) is 3.82. The highest BCUT2D eigenvalue weighted by atomic mass is 15.1. The van der Waals surface area contributed by atoms with Gasteiger partial charge in [0.15, 0.2) is 0 Å². The molecule has 0 atom stereocenters. The second-order valence-corrected chi connectivity index (χ2v) is 18.8. The predicted octanol–water partition coefficient (Wildman–Crippen LogP) is 16.2. The second-order valence-electron chi connectivity index (χ2n) is 18.8. The molecule has 0 fully saturated rings. The minimum absolute atomic E-state index is 0.0531. The third-order valence-electron chi connectivity index (χ3n) is 15.1. The van der Waals surface area contributed by atoms with Crippen molar-refractivity contribution in [2.24, 2.45) is 0 Å². The first-order valence-corrected chi connectivity index (χ1v) is 23.6. The Bertz CT molecular complexity index is 3310. The molecule has 3 aliphatic rings. The monoisotopic (exact) mass is 857 g/mol. The molecule has 320 valence electrons. The lowest BCUT2D eigenvalue weighted by atomic mass is 9.51. The van der Waals surface area contributed by atoms with Gasteiger partial charge < -0.3 is 4.90 Å². The van der Waals surface area contributed by atoms with Crippen molar-refractivity contribution in [3.8, 4) is 33.4 Å². The van der Waals surface area contributed by atoms with Gasteiger partial charge in [-0.2, -0.15) is 0 Å². The van der Waals surface area contributed by atoms with E-state index >= 15 is 0 Å². The van der Waals surface area contributed by atoms with Crippen LogP contribution in [0.2, 0.25) is 0 Å².